The van der Waals surface area contributed by atoms with Crippen molar-refractivity contribution in [3.63, 3.8) is 0 Å². The van der Waals surface area contributed by atoms with Crippen LogP contribution in [0.25, 0.3) is 5.69 Å². The molecule has 0 aliphatic carbocycles. The summed E-state index contributed by atoms with van der Waals surface area (Å²) in [6.07, 6.45) is 4.40. The van der Waals surface area contributed by atoms with E-state index in [-0.39, 0.29) is 5.95 Å². The first-order valence-corrected chi connectivity index (χ1v) is 5.94. The van der Waals surface area contributed by atoms with Crippen LogP contribution < -0.4 is 0 Å². The van der Waals surface area contributed by atoms with Gasteiger partial charge < -0.3 is 0 Å². The van der Waals surface area contributed by atoms with Crippen LogP contribution in [-0.4, -0.2) is 20.8 Å². The molecule has 0 bridgehead atoms. The molecule has 0 N–H and O–H groups in total. The first-order chi connectivity index (χ1) is 8.85. The van der Waals surface area contributed by atoms with Crippen molar-refractivity contribution in [3.05, 3.63) is 36.2 Å². The first-order valence-electron chi connectivity index (χ1n) is 5.94. The maximum Gasteiger partial charge on any atom is 0.264 e. The highest BCUT2D eigenvalue weighted by atomic mass is 16.1. The van der Waals surface area contributed by atoms with E-state index < -0.39 is 0 Å². The molecule has 2 aromatic rings. The van der Waals surface area contributed by atoms with E-state index in [0.717, 1.165) is 24.9 Å². The summed E-state index contributed by atoms with van der Waals surface area (Å²) in [6, 6.07) is 9.50. The Balaban J connectivity index is 2.38. The number of isocyanates is 1. The van der Waals surface area contributed by atoms with Crippen LogP contribution in [0.3, 0.4) is 0 Å². The molecule has 5 nitrogen and oxygen atoms in total. The molecule has 0 fully saturated rings. The van der Waals surface area contributed by atoms with E-state index >= 15 is 0 Å². The van der Waals surface area contributed by atoms with Crippen LogP contribution in [0.4, 0.5) is 5.95 Å². The largest absolute Gasteiger partial charge is 0.264 e. The van der Waals surface area contributed by atoms with Gasteiger partial charge in [0.05, 0.1) is 5.69 Å². The summed E-state index contributed by atoms with van der Waals surface area (Å²) in [5.41, 5.74) is 0.835. The number of hydrogen-bond acceptors (Lipinski definition) is 4. The lowest BCUT2D eigenvalue weighted by Gasteiger charge is -2.00. The molecule has 1 aromatic heterocycles. The third-order valence-corrected chi connectivity index (χ3v) is 2.53. The first kappa shape index (κ1) is 12.2. The second-order valence-corrected chi connectivity index (χ2v) is 3.88. The van der Waals surface area contributed by atoms with Gasteiger partial charge in [-0.05, 0) is 18.6 Å². The minimum atomic E-state index is 0.280. The average Bonchev–Trinajstić information content (AvgIpc) is 2.81. The Morgan fingerprint density at radius 2 is 2.11 bits per heavy atom. The van der Waals surface area contributed by atoms with Crippen molar-refractivity contribution in [1.29, 1.82) is 0 Å². The molecule has 0 unspecified atom stereocenters. The van der Waals surface area contributed by atoms with Crippen LogP contribution in [0.15, 0.2) is 35.3 Å². The fraction of sp³-hybridized carbons (Fsp3) is 0.308. The smallest absolute Gasteiger partial charge is 0.211 e. The summed E-state index contributed by atoms with van der Waals surface area (Å²) in [6.45, 7) is 2.11. The summed E-state index contributed by atoms with van der Waals surface area (Å²) in [5, 5.41) is 4.37. The lowest BCUT2D eigenvalue weighted by Crippen LogP contribution is -1.96. The third kappa shape index (κ3) is 2.70. The zero-order valence-electron chi connectivity index (χ0n) is 10.2. The summed E-state index contributed by atoms with van der Waals surface area (Å²) < 4.78 is 1.57. The van der Waals surface area contributed by atoms with Gasteiger partial charge in [-0.25, -0.2) is 4.79 Å². The molecule has 0 saturated heterocycles. The van der Waals surface area contributed by atoms with Crippen LogP contribution >= 0.6 is 0 Å². The predicted octanol–water partition coefficient (Wildman–Crippen LogP) is 2.58. The monoisotopic (exact) mass is 242 g/mol. The quantitative estimate of drug-likeness (QED) is 0.598. The minimum Gasteiger partial charge on any atom is -0.211 e. The normalized spacial score (nSPS) is 10.1. The van der Waals surface area contributed by atoms with Gasteiger partial charge in [0.2, 0.25) is 6.08 Å². The fourth-order valence-electron chi connectivity index (χ4n) is 1.64. The maximum atomic E-state index is 10.4. The SMILES string of the molecule is CCCCc1nc(N=C=O)n(-c2ccccc2)n1. The summed E-state index contributed by atoms with van der Waals surface area (Å²) in [7, 11) is 0. The van der Waals surface area contributed by atoms with Gasteiger partial charge in [-0.3, -0.25) is 0 Å². The minimum absolute atomic E-state index is 0.280. The molecular weight excluding hydrogens is 228 g/mol. The number of hydrogen-bond donors (Lipinski definition) is 0. The van der Waals surface area contributed by atoms with Crippen LogP contribution in [-0.2, 0) is 11.2 Å². The lowest BCUT2D eigenvalue weighted by atomic mass is 10.2. The van der Waals surface area contributed by atoms with Gasteiger partial charge >= 0.3 is 0 Å². The molecule has 0 amide bonds. The van der Waals surface area contributed by atoms with Gasteiger partial charge in [-0.15, -0.1) is 10.1 Å². The number of nitrogens with zero attached hydrogens (tertiary/aromatic N) is 4. The van der Waals surface area contributed by atoms with Crippen molar-refractivity contribution in [2.45, 2.75) is 26.2 Å². The zero-order valence-corrected chi connectivity index (χ0v) is 10.2. The lowest BCUT2D eigenvalue weighted by molar-refractivity contribution is 0.565. The number of rotatable bonds is 5. The summed E-state index contributed by atoms with van der Waals surface area (Å²) >= 11 is 0. The summed E-state index contributed by atoms with van der Waals surface area (Å²) in [4.78, 5) is 18.2. The van der Waals surface area contributed by atoms with E-state index in [4.69, 9.17) is 0 Å². The topological polar surface area (TPSA) is 60.1 Å². The maximum absolute atomic E-state index is 10.4. The highest BCUT2D eigenvalue weighted by Gasteiger charge is 2.10. The second kappa shape index (κ2) is 5.89. The standard InChI is InChI=1S/C13H14N4O/c1-2-3-9-12-15-13(14-10-18)17(16-12)11-7-5-4-6-8-11/h4-8H,2-3,9H2,1H3. The molecule has 5 heteroatoms. The number of benzene rings is 1. The van der Waals surface area contributed by atoms with E-state index in [1.807, 2.05) is 30.3 Å². The Labute approximate surface area is 105 Å². The van der Waals surface area contributed by atoms with Crippen molar-refractivity contribution in [3.8, 4) is 5.69 Å². The number of aliphatic imine (C=N–C) groups is 1. The van der Waals surface area contributed by atoms with Gasteiger partial charge in [0.15, 0.2) is 5.82 Å². The van der Waals surface area contributed by atoms with Gasteiger partial charge in [-0.2, -0.15) is 9.67 Å². The molecule has 0 radical (unpaired) electrons. The molecule has 92 valence electrons. The third-order valence-electron chi connectivity index (χ3n) is 2.53. The highest BCUT2D eigenvalue weighted by Crippen LogP contribution is 2.16. The Hall–Kier alpha value is -2.26. The fourth-order valence-corrected chi connectivity index (χ4v) is 1.64. The Kier molecular flexibility index (Phi) is 3.99. The van der Waals surface area contributed by atoms with Crippen LogP contribution in [0.2, 0.25) is 0 Å². The number of aryl methyl sites for hydroxylation is 1. The van der Waals surface area contributed by atoms with Gasteiger partial charge in [0.1, 0.15) is 0 Å². The van der Waals surface area contributed by atoms with Gasteiger partial charge in [0.25, 0.3) is 5.95 Å². The Morgan fingerprint density at radius 1 is 1.33 bits per heavy atom. The molecule has 0 aliphatic heterocycles. The Bertz CT molecular complexity index is 556. The highest BCUT2D eigenvalue weighted by molar-refractivity contribution is 5.45. The Morgan fingerprint density at radius 3 is 2.78 bits per heavy atom. The molecule has 0 aliphatic rings. The second-order valence-electron chi connectivity index (χ2n) is 3.88. The molecule has 1 heterocycles. The van der Waals surface area contributed by atoms with Crippen LogP contribution in [0.1, 0.15) is 25.6 Å². The average molecular weight is 242 g/mol. The predicted molar refractivity (Wildman–Crippen MR) is 67.8 cm³/mol. The number of aromatic nitrogens is 3. The number of unbranched alkanes of at least 4 members (excludes halogenated alkanes) is 1. The molecular formula is C13H14N4O. The van der Waals surface area contributed by atoms with Gasteiger partial charge in [0, 0.05) is 6.42 Å². The number of para-hydroxylation sites is 1. The molecule has 18 heavy (non-hydrogen) atoms. The van der Waals surface area contributed by atoms with Crippen molar-refractivity contribution < 1.29 is 4.79 Å². The van der Waals surface area contributed by atoms with Crippen molar-refractivity contribution >= 4 is 12.0 Å². The van der Waals surface area contributed by atoms with E-state index in [0.29, 0.717) is 5.82 Å². The van der Waals surface area contributed by atoms with Crippen molar-refractivity contribution in [2.24, 2.45) is 4.99 Å². The van der Waals surface area contributed by atoms with E-state index in [2.05, 4.69) is 22.0 Å². The van der Waals surface area contributed by atoms with Crippen molar-refractivity contribution in [1.82, 2.24) is 14.8 Å². The number of carbonyl (C=O) groups excluding carboxylic acids is 1. The zero-order chi connectivity index (χ0) is 12.8. The molecule has 1 aromatic carbocycles. The van der Waals surface area contributed by atoms with Gasteiger partial charge in [-0.1, -0.05) is 31.5 Å². The van der Waals surface area contributed by atoms with E-state index in [1.165, 1.54) is 6.08 Å². The molecule has 2 rings (SSSR count). The molecule has 0 saturated carbocycles. The summed E-state index contributed by atoms with van der Waals surface area (Å²) in [5.74, 6) is 0.983. The van der Waals surface area contributed by atoms with E-state index in [1.54, 1.807) is 4.68 Å². The van der Waals surface area contributed by atoms with Crippen LogP contribution in [0, 0.1) is 0 Å². The van der Waals surface area contributed by atoms with E-state index in [9.17, 15) is 4.79 Å². The van der Waals surface area contributed by atoms with Crippen molar-refractivity contribution in [2.75, 3.05) is 0 Å². The van der Waals surface area contributed by atoms with Crippen LogP contribution in [0.5, 0.6) is 0 Å². The molecule has 0 spiro atoms. The molecule has 0 atom stereocenters.